The van der Waals surface area contributed by atoms with Crippen molar-refractivity contribution in [2.45, 2.75) is 20.6 Å². The molecule has 0 nitrogen and oxygen atoms in total. The van der Waals surface area contributed by atoms with E-state index >= 15 is 0 Å². The molecule has 0 saturated carbocycles. The summed E-state index contributed by atoms with van der Waals surface area (Å²) in [5, 5.41) is 0. The fraction of sp³-hybridized carbons (Fsp3) is 0.200. The Morgan fingerprint density at radius 1 is 0.706 bits per heavy atom. The fourth-order valence-electron chi connectivity index (χ4n) is 3.30. The number of rotatable bonds is 0. The summed E-state index contributed by atoms with van der Waals surface area (Å²) in [4.78, 5) is 0. The van der Waals surface area contributed by atoms with Gasteiger partial charge < -0.3 is 0 Å². The number of aryl methyl sites for hydroxylation is 1. The van der Waals surface area contributed by atoms with Crippen LogP contribution in [0.15, 0.2) is 42.5 Å². The molecule has 3 rings (SSSR count). The standard InChI is InChI=1S/C15H16B2/c1-11-7-6-10-14-15(11)17(3)13-9-5-4-8-12(13)16(14)2/h4-10H,1-3H3. The summed E-state index contributed by atoms with van der Waals surface area (Å²) in [6.07, 6.45) is 0. The molecule has 0 saturated heterocycles. The second-order valence-electron chi connectivity index (χ2n) is 5.15. The number of benzene rings is 2. The SMILES string of the molecule is CB1c2ccccc2B(C)c2c(C)cccc21. The number of hydrogen-bond donors (Lipinski definition) is 0. The van der Waals surface area contributed by atoms with Crippen molar-refractivity contribution < 1.29 is 0 Å². The van der Waals surface area contributed by atoms with E-state index < -0.39 is 0 Å². The van der Waals surface area contributed by atoms with Crippen LogP contribution < -0.4 is 21.9 Å². The molecule has 0 N–H and O–H groups in total. The molecule has 82 valence electrons. The molecule has 0 aliphatic carbocycles. The third kappa shape index (κ3) is 1.47. The van der Waals surface area contributed by atoms with Crippen LogP contribution in [0, 0.1) is 6.92 Å². The van der Waals surface area contributed by atoms with E-state index in [-0.39, 0.29) is 0 Å². The van der Waals surface area contributed by atoms with Crippen molar-refractivity contribution in [2.75, 3.05) is 0 Å². The van der Waals surface area contributed by atoms with Gasteiger partial charge in [-0.3, -0.25) is 0 Å². The molecular formula is C15H16B2. The van der Waals surface area contributed by atoms with Crippen molar-refractivity contribution in [3.8, 4) is 0 Å². The lowest BCUT2D eigenvalue weighted by Crippen LogP contribution is -2.67. The molecule has 0 unspecified atom stereocenters. The van der Waals surface area contributed by atoms with Crippen molar-refractivity contribution in [3.05, 3.63) is 48.0 Å². The van der Waals surface area contributed by atoms with Crippen molar-refractivity contribution in [2.24, 2.45) is 0 Å². The molecule has 2 aromatic carbocycles. The van der Waals surface area contributed by atoms with Gasteiger partial charge in [-0.05, 0) is 6.92 Å². The highest BCUT2D eigenvalue weighted by atomic mass is 14.1. The summed E-state index contributed by atoms with van der Waals surface area (Å²) < 4.78 is 0. The fourth-order valence-corrected chi connectivity index (χ4v) is 3.30. The summed E-state index contributed by atoms with van der Waals surface area (Å²) >= 11 is 0. The molecule has 0 amide bonds. The first-order valence-corrected chi connectivity index (χ1v) is 6.38. The van der Waals surface area contributed by atoms with Crippen LogP contribution in [0.4, 0.5) is 0 Å². The predicted molar refractivity (Wildman–Crippen MR) is 79.4 cm³/mol. The second-order valence-corrected chi connectivity index (χ2v) is 5.15. The Morgan fingerprint density at radius 3 is 2.00 bits per heavy atom. The normalized spacial score (nSPS) is 13.4. The van der Waals surface area contributed by atoms with Crippen LogP contribution in [0.5, 0.6) is 0 Å². The molecule has 0 spiro atoms. The van der Waals surface area contributed by atoms with Gasteiger partial charge in [0.15, 0.2) is 0 Å². The van der Waals surface area contributed by atoms with Crippen LogP contribution >= 0.6 is 0 Å². The van der Waals surface area contributed by atoms with Crippen LogP contribution in [0.3, 0.4) is 0 Å². The average molecular weight is 218 g/mol. The smallest absolute Gasteiger partial charge is 0.0794 e. The van der Waals surface area contributed by atoms with Crippen LogP contribution in [0.2, 0.25) is 13.6 Å². The van der Waals surface area contributed by atoms with Gasteiger partial charge >= 0.3 is 0 Å². The Balaban J connectivity index is 2.29. The molecule has 1 aliphatic heterocycles. The number of hydrogen-bond acceptors (Lipinski definition) is 0. The van der Waals surface area contributed by atoms with Gasteiger partial charge in [-0.25, -0.2) is 0 Å². The van der Waals surface area contributed by atoms with E-state index in [2.05, 4.69) is 63.0 Å². The minimum atomic E-state index is 0.525. The third-order valence-electron chi connectivity index (χ3n) is 4.19. The highest BCUT2D eigenvalue weighted by molar-refractivity contribution is 7.02. The van der Waals surface area contributed by atoms with Gasteiger partial charge in [-0.2, -0.15) is 0 Å². The summed E-state index contributed by atoms with van der Waals surface area (Å²) in [5.41, 5.74) is 7.48. The van der Waals surface area contributed by atoms with Crippen LogP contribution in [-0.4, -0.2) is 13.4 Å². The molecule has 17 heavy (non-hydrogen) atoms. The second kappa shape index (κ2) is 3.80. The summed E-state index contributed by atoms with van der Waals surface area (Å²) in [6.45, 7) is 7.94. The third-order valence-corrected chi connectivity index (χ3v) is 4.19. The van der Waals surface area contributed by atoms with Gasteiger partial charge in [0.25, 0.3) is 0 Å². The number of fused-ring (bicyclic) bond motifs is 2. The van der Waals surface area contributed by atoms with Crippen molar-refractivity contribution in [1.29, 1.82) is 0 Å². The maximum Gasteiger partial charge on any atom is 0.205 e. The zero-order chi connectivity index (χ0) is 12.0. The van der Waals surface area contributed by atoms with Gasteiger partial charge in [0.1, 0.15) is 0 Å². The molecule has 1 heterocycles. The molecule has 0 radical (unpaired) electrons. The molecule has 1 aliphatic rings. The molecule has 0 fully saturated rings. The lowest BCUT2D eigenvalue weighted by Gasteiger charge is -2.29. The van der Waals surface area contributed by atoms with Crippen LogP contribution in [-0.2, 0) is 0 Å². The quantitative estimate of drug-likeness (QED) is 0.573. The Labute approximate surface area is 104 Å². The van der Waals surface area contributed by atoms with Gasteiger partial charge in [0, 0.05) is 0 Å². The predicted octanol–water partition coefficient (Wildman–Crippen LogP) is 0.786. The summed E-state index contributed by atoms with van der Waals surface area (Å²) in [6, 6.07) is 15.6. The highest BCUT2D eigenvalue weighted by Crippen LogP contribution is 2.02. The summed E-state index contributed by atoms with van der Waals surface area (Å²) in [5.74, 6) is 0. The Morgan fingerprint density at radius 2 is 1.29 bits per heavy atom. The Bertz CT molecular complexity index is 575. The lowest BCUT2D eigenvalue weighted by molar-refractivity contribution is 1.52. The maximum atomic E-state index is 2.33. The first-order valence-electron chi connectivity index (χ1n) is 6.38. The zero-order valence-corrected chi connectivity index (χ0v) is 10.7. The van der Waals surface area contributed by atoms with E-state index in [0.29, 0.717) is 13.4 Å². The zero-order valence-electron chi connectivity index (χ0n) is 10.7. The minimum Gasteiger partial charge on any atom is -0.0794 e. The van der Waals surface area contributed by atoms with Crippen molar-refractivity contribution >= 4 is 35.3 Å². The molecular weight excluding hydrogens is 202 g/mol. The largest absolute Gasteiger partial charge is 0.205 e. The van der Waals surface area contributed by atoms with E-state index in [1.807, 2.05) is 0 Å². The first-order chi connectivity index (χ1) is 8.20. The van der Waals surface area contributed by atoms with Gasteiger partial charge in [0.2, 0.25) is 13.4 Å². The van der Waals surface area contributed by atoms with Crippen LogP contribution in [0.25, 0.3) is 0 Å². The monoisotopic (exact) mass is 218 g/mol. The molecule has 0 atom stereocenters. The topological polar surface area (TPSA) is 0 Å². The van der Waals surface area contributed by atoms with E-state index in [1.165, 1.54) is 22.0 Å². The van der Waals surface area contributed by atoms with Crippen molar-refractivity contribution in [1.82, 2.24) is 0 Å². The van der Waals surface area contributed by atoms with Gasteiger partial charge in [-0.1, -0.05) is 83.5 Å². The van der Waals surface area contributed by atoms with E-state index in [0.717, 1.165) is 0 Å². The van der Waals surface area contributed by atoms with Gasteiger partial charge in [0.05, 0.1) is 0 Å². The molecule has 2 heteroatoms. The Kier molecular flexibility index (Phi) is 2.39. The molecule has 0 aromatic heterocycles. The molecule has 2 aromatic rings. The average Bonchev–Trinajstić information content (AvgIpc) is 2.36. The van der Waals surface area contributed by atoms with E-state index in [9.17, 15) is 0 Å². The van der Waals surface area contributed by atoms with E-state index in [4.69, 9.17) is 0 Å². The first kappa shape index (κ1) is 10.7. The highest BCUT2D eigenvalue weighted by Gasteiger charge is 2.31. The van der Waals surface area contributed by atoms with Gasteiger partial charge in [-0.15, -0.1) is 0 Å². The lowest BCUT2D eigenvalue weighted by atomic mass is 9.25. The molecule has 0 bridgehead atoms. The van der Waals surface area contributed by atoms with E-state index in [1.54, 1.807) is 5.46 Å². The summed E-state index contributed by atoms with van der Waals surface area (Å²) in [7, 11) is 0. The van der Waals surface area contributed by atoms with Crippen LogP contribution in [0.1, 0.15) is 5.56 Å². The minimum absolute atomic E-state index is 0.525. The Hall–Kier alpha value is -1.43. The van der Waals surface area contributed by atoms with Crippen molar-refractivity contribution in [3.63, 3.8) is 0 Å². The maximum absolute atomic E-state index is 2.33.